The molecule has 0 aliphatic carbocycles. The van der Waals surface area contributed by atoms with Gasteiger partial charge in [-0.05, 0) is 45.2 Å². The standard InChI is InChI=1S/C6H15N.C5H11N.C2H6/c1-3-5-7-6-4-2;1-2-4-6-5-3-1;1-2/h7H,3-6H2,1-2H3;6H,1-5H2;1-2H3/p+1. The van der Waals surface area contributed by atoms with E-state index in [0.29, 0.717) is 0 Å². The molecule has 2 nitrogen and oxygen atoms in total. The fourth-order valence-electron chi connectivity index (χ4n) is 1.38. The molecule has 1 fully saturated rings. The van der Waals surface area contributed by atoms with Gasteiger partial charge in [0.15, 0.2) is 0 Å². The maximum absolute atomic E-state index is 3.28. The average molecular weight is 217 g/mol. The van der Waals surface area contributed by atoms with Gasteiger partial charge in [0.2, 0.25) is 0 Å². The number of piperidine rings is 1. The largest absolute Gasteiger partial charge is 0.346 e. The number of hydrogen-bond donors (Lipinski definition) is 2. The molecular formula is C13H33N2+. The van der Waals surface area contributed by atoms with Crippen LogP contribution in [0.3, 0.4) is 0 Å². The summed E-state index contributed by atoms with van der Waals surface area (Å²) in [6.45, 7) is 13.5. The van der Waals surface area contributed by atoms with Crippen molar-refractivity contribution in [2.24, 2.45) is 0 Å². The zero-order chi connectivity index (χ0) is 11.8. The Kier molecular flexibility index (Phi) is 22.5. The Morgan fingerprint density at radius 1 is 0.867 bits per heavy atom. The van der Waals surface area contributed by atoms with Gasteiger partial charge in [-0.25, -0.2) is 0 Å². The smallest absolute Gasteiger partial charge is 0.0755 e. The molecule has 0 spiro atoms. The molecule has 0 amide bonds. The van der Waals surface area contributed by atoms with E-state index in [9.17, 15) is 0 Å². The van der Waals surface area contributed by atoms with Crippen LogP contribution in [0.5, 0.6) is 0 Å². The normalized spacial score (nSPS) is 14.4. The quantitative estimate of drug-likeness (QED) is 0.694. The van der Waals surface area contributed by atoms with Gasteiger partial charge in [0.25, 0.3) is 0 Å². The molecule has 0 aromatic rings. The molecule has 0 radical (unpaired) electrons. The third-order valence-corrected chi connectivity index (χ3v) is 2.17. The maximum Gasteiger partial charge on any atom is 0.0755 e. The molecule has 0 aromatic heterocycles. The second kappa shape index (κ2) is 19.5. The van der Waals surface area contributed by atoms with Gasteiger partial charge in [-0.3, -0.25) is 0 Å². The van der Waals surface area contributed by atoms with Crippen molar-refractivity contribution in [3.05, 3.63) is 0 Å². The lowest BCUT2D eigenvalue weighted by Crippen LogP contribution is -2.85. The van der Waals surface area contributed by atoms with E-state index < -0.39 is 0 Å². The number of nitrogens with one attached hydrogen (secondary N) is 1. The molecule has 3 N–H and O–H groups in total. The fraction of sp³-hybridized carbons (Fsp3) is 1.00. The molecule has 1 saturated heterocycles. The van der Waals surface area contributed by atoms with Gasteiger partial charge in [-0.1, -0.05) is 27.7 Å². The molecule has 0 aromatic carbocycles. The highest BCUT2D eigenvalue weighted by Crippen LogP contribution is 1.91. The van der Waals surface area contributed by atoms with Crippen molar-refractivity contribution in [1.29, 1.82) is 0 Å². The minimum Gasteiger partial charge on any atom is -0.346 e. The van der Waals surface area contributed by atoms with E-state index in [-0.39, 0.29) is 0 Å². The summed E-state index contributed by atoms with van der Waals surface area (Å²) in [5.74, 6) is 0. The van der Waals surface area contributed by atoms with Crippen LogP contribution in [0, 0.1) is 0 Å². The van der Waals surface area contributed by atoms with E-state index in [0.717, 1.165) is 0 Å². The highest BCUT2D eigenvalue weighted by Gasteiger charge is 1.97. The van der Waals surface area contributed by atoms with Crippen LogP contribution in [-0.4, -0.2) is 26.2 Å². The van der Waals surface area contributed by atoms with Crippen molar-refractivity contribution in [2.45, 2.75) is 59.8 Å². The molecule has 2 heteroatoms. The number of rotatable bonds is 4. The highest BCUT2D eigenvalue weighted by molar-refractivity contribution is 4.40. The summed E-state index contributed by atoms with van der Waals surface area (Å²) in [6, 6.07) is 0. The molecule has 0 saturated carbocycles. The number of quaternary nitrogens is 1. The SMILES string of the molecule is C1CC[NH2+]CC1.CC.CCCNCCC. The van der Waals surface area contributed by atoms with Gasteiger partial charge in [0, 0.05) is 0 Å². The van der Waals surface area contributed by atoms with Crippen molar-refractivity contribution < 1.29 is 5.32 Å². The Bertz CT molecular complexity index is 65.1. The maximum atomic E-state index is 3.28. The summed E-state index contributed by atoms with van der Waals surface area (Å²) in [5, 5.41) is 5.68. The van der Waals surface area contributed by atoms with Crippen molar-refractivity contribution in [3.8, 4) is 0 Å². The molecule has 15 heavy (non-hydrogen) atoms. The third-order valence-electron chi connectivity index (χ3n) is 2.17. The van der Waals surface area contributed by atoms with Crippen LogP contribution in [0.25, 0.3) is 0 Å². The van der Waals surface area contributed by atoms with Crippen molar-refractivity contribution >= 4 is 0 Å². The Hall–Kier alpha value is -0.0800. The van der Waals surface area contributed by atoms with Gasteiger partial charge >= 0.3 is 0 Å². The van der Waals surface area contributed by atoms with Crippen LogP contribution in [0.1, 0.15) is 59.8 Å². The summed E-state index contributed by atoms with van der Waals surface area (Å²) in [4.78, 5) is 0. The van der Waals surface area contributed by atoms with E-state index in [1.807, 2.05) is 13.8 Å². The Balaban J connectivity index is 0. The summed E-state index contributed by atoms with van der Waals surface area (Å²) >= 11 is 0. The zero-order valence-electron chi connectivity index (χ0n) is 11.4. The summed E-state index contributed by atoms with van der Waals surface area (Å²) < 4.78 is 0. The molecule has 1 aliphatic heterocycles. The van der Waals surface area contributed by atoms with E-state index in [2.05, 4.69) is 24.5 Å². The second-order valence-electron chi connectivity index (χ2n) is 3.68. The summed E-state index contributed by atoms with van der Waals surface area (Å²) in [5.41, 5.74) is 0. The molecule has 0 bridgehead atoms. The van der Waals surface area contributed by atoms with Crippen LogP contribution < -0.4 is 10.6 Å². The highest BCUT2D eigenvalue weighted by atomic mass is 14.9. The van der Waals surface area contributed by atoms with Gasteiger partial charge < -0.3 is 10.6 Å². The Morgan fingerprint density at radius 3 is 1.53 bits per heavy atom. The van der Waals surface area contributed by atoms with Crippen molar-refractivity contribution in [3.63, 3.8) is 0 Å². The minimum atomic E-state index is 1.17. The Labute approximate surface area is 97.2 Å². The molecule has 1 heterocycles. The van der Waals surface area contributed by atoms with Crippen molar-refractivity contribution in [1.82, 2.24) is 5.32 Å². The van der Waals surface area contributed by atoms with Crippen molar-refractivity contribution in [2.75, 3.05) is 26.2 Å². The first-order valence-corrected chi connectivity index (χ1v) is 6.94. The minimum absolute atomic E-state index is 1.17. The monoisotopic (exact) mass is 217 g/mol. The fourth-order valence-corrected chi connectivity index (χ4v) is 1.38. The summed E-state index contributed by atoms with van der Waals surface area (Å²) in [7, 11) is 0. The number of hydrogen-bond acceptors (Lipinski definition) is 1. The molecule has 1 rings (SSSR count). The lowest BCUT2D eigenvalue weighted by Gasteiger charge is -2.05. The lowest BCUT2D eigenvalue weighted by atomic mass is 10.2. The molecule has 0 unspecified atom stereocenters. The van der Waals surface area contributed by atoms with E-state index in [1.54, 1.807) is 0 Å². The zero-order valence-corrected chi connectivity index (χ0v) is 11.4. The van der Waals surface area contributed by atoms with Crippen LogP contribution in [0.15, 0.2) is 0 Å². The molecular weight excluding hydrogens is 184 g/mol. The average Bonchev–Trinajstić information content (AvgIpc) is 2.35. The van der Waals surface area contributed by atoms with E-state index in [1.165, 1.54) is 58.3 Å². The first-order valence-electron chi connectivity index (χ1n) is 6.94. The van der Waals surface area contributed by atoms with Crippen LogP contribution in [-0.2, 0) is 0 Å². The van der Waals surface area contributed by atoms with Gasteiger partial charge in [0.05, 0.1) is 13.1 Å². The summed E-state index contributed by atoms with van der Waals surface area (Å²) in [6.07, 6.45) is 6.86. The molecule has 94 valence electrons. The molecule has 1 aliphatic rings. The second-order valence-corrected chi connectivity index (χ2v) is 3.68. The van der Waals surface area contributed by atoms with Gasteiger partial charge in [-0.2, -0.15) is 0 Å². The Morgan fingerprint density at radius 2 is 1.33 bits per heavy atom. The number of nitrogens with two attached hydrogens (primary N) is 1. The van der Waals surface area contributed by atoms with Gasteiger partial charge in [0.1, 0.15) is 0 Å². The molecule has 0 atom stereocenters. The third kappa shape index (κ3) is 20.1. The van der Waals surface area contributed by atoms with E-state index >= 15 is 0 Å². The van der Waals surface area contributed by atoms with Crippen LogP contribution in [0.2, 0.25) is 0 Å². The lowest BCUT2D eigenvalue weighted by molar-refractivity contribution is -0.662. The van der Waals surface area contributed by atoms with Crippen LogP contribution in [0.4, 0.5) is 0 Å². The van der Waals surface area contributed by atoms with Crippen LogP contribution >= 0.6 is 0 Å². The topological polar surface area (TPSA) is 28.6 Å². The first-order chi connectivity index (χ1) is 7.41. The van der Waals surface area contributed by atoms with E-state index in [4.69, 9.17) is 0 Å². The van der Waals surface area contributed by atoms with Gasteiger partial charge in [-0.15, -0.1) is 0 Å². The first kappa shape index (κ1) is 17.3. The predicted octanol–water partition coefficient (Wildman–Crippen LogP) is 2.16. The predicted molar refractivity (Wildman–Crippen MR) is 70.3 cm³/mol.